The van der Waals surface area contributed by atoms with E-state index in [9.17, 15) is 4.79 Å². The molecular formula is C26H32N2O. The summed E-state index contributed by atoms with van der Waals surface area (Å²) in [4.78, 5) is 12.6. The van der Waals surface area contributed by atoms with Gasteiger partial charge in [0, 0.05) is 36.1 Å². The van der Waals surface area contributed by atoms with E-state index in [0.717, 1.165) is 19.4 Å². The van der Waals surface area contributed by atoms with Crippen LogP contribution >= 0.6 is 0 Å². The lowest BCUT2D eigenvalue weighted by Gasteiger charge is -2.29. The predicted octanol–water partition coefficient (Wildman–Crippen LogP) is 5.63. The predicted molar refractivity (Wildman–Crippen MR) is 120 cm³/mol. The summed E-state index contributed by atoms with van der Waals surface area (Å²) in [5.41, 5.74) is 5.16. The van der Waals surface area contributed by atoms with Crippen LogP contribution in [0.4, 0.5) is 0 Å². The van der Waals surface area contributed by atoms with Crippen molar-refractivity contribution in [2.45, 2.75) is 65.0 Å². The van der Waals surface area contributed by atoms with E-state index in [0.29, 0.717) is 18.4 Å². The summed E-state index contributed by atoms with van der Waals surface area (Å²) < 4.78 is 2.33. The van der Waals surface area contributed by atoms with Crippen molar-refractivity contribution in [2.75, 3.05) is 0 Å². The number of carbonyl (C=O) groups excluding carboxylic acids is 1. The molecule has 3 aromatic rings. The maximum absolute atomic E-state index is 12.6. The normalized spacial score (nSPS) is 19.4. The van der Waals surface area contributed by atoms with Crippen LogP contribution in [-0.4, -0.2) is 16.5 Å². The second kappa shape index (κ2) is 8.86. The first-order chi connectivity index (χ1) is 14.1. The van der Waals surface area contributed by atoms with Gasteiger partial charge in [0.2, 0.25) is 5.91 Å². The summed E-state index contributed by atoms with van der Waals surface area (Å²) in [6.45, 7) is 5.29. The van der Waals surface area contributed by atoms with Crippen LogP contribution in [0.5, 0.6) is 0 Å². The minimum atomic E-state index is 0.194. The van der Waals surface area contributed by atoms with Crippen LogP contribution in [0.3, 0.4) is 0 Å². The third kappa shape index (κ3) is 4.55. The van der Waals surface area contributed by atoms with Crippen molar-refractivity contribution in [1.82, 2.24) is 9.88 Å². The van der Waals surface area contributed by atoms with E-state index in [2.05, 4.69) is 78.5 Å². The molecule has 1 N–H and O–H groups in total. The summed E-state index contributed by atoms with van der Waals surface area (Å²) in [7, 11) is 0. The average molecular weight is 389 g/mol. The molecule has 1 aliphatic carbocycles. The Labute approximate surface area is 174 Å². The van der Waals surface area contributed by atoms with Gasteiger partial charge in [-0.1, -0.05) is 62.2 Å². The largest absolute Gasteiger partial charge is 0.353 e. The molecule has 2 atom stereocenters. The van der Waals surface area contributed by atoms with Crippen LogP contribution in [0.2, 0.25) is 0 Å². The number of hydrogen-bond acceptors (Lipinski definition) is 1. The van der Waals surface area contributed by atoms with E-state index in [4.69, 9.17) is 0 Å². The summed E-state index contributed by atoms with van der Waals surface area (Å²) in [5.74, 6) is 0.795. The fraction of sp³-hybridized carbons (Fsp3) is 0.423. The minimum absolute atomic E-state index is 0.194. The number of carbonyl (C=O) groups is 1. The van der Waals surface area contributed by atoms with Crippen LogP contribution in [0, 0.1) is 12.8 Å². The number of para-hydroxylation sites is 1. The SMILES string of the molecule is Cc1ccccc1Cn1cc(CCC(=O)NC2CCCCC2C)c2ccccc21. The van der Waals surface area contributed by atoms with Crippen LogP contribution < -0.4 is 5.32 Å². The molecule has 0 spiro atoms. The van der Waals surface area contributed by atoms with Gasteiger partial charge >= 0.3 is 0 Å². The van der Waals surface area contributed by atoms with Crippen LogP contribution in [0.25, 0.3) is 10.9 Å². The van der Waals surface area contributed by atoms with Gasteiger partial charge in [0.15, 0.2) is 0 Å². The first-order valence-corrected chi connectivity index (χ1v) is 11.0. The highest BCUT2D eigenvalue weighted by Gasteiger charge is 2.22. The zero-order chi connectivity index (χ0) is 20.2. The molecule has 1 fully saturated rings. The van der Waals surface area contributed by atoms with Crippen LogP contribution in [0.15, 0.2) is 54.7 Å². The number of benzene rings is 2. The monoisotopic (exact) mass is 388 g/mol. The molecule has 0 saturated heterocycles. The second-order valence-electron chi connectivity index (χ2n) is 8.66. The lowest BCUT2D eigenvalue weighted by Crippen LogP contribution is -2.41. The number of rotatable bonds is 6. The highest BCUT2D eigenvalue weighted by Crippen LogP contribution is 2.26. The number of nitrogens with zero attached hydrogens (tertiary/aromatic N) is 1. The molecule has 152 valence electrons. The van der Waals surface area contributed by atoms with E-state index >= 15 is 0 Å². The van der Waals surface area contributed by atoms with Crippen molar-refractivity contribution in [2.24, 2.45) is 5.92 Å². The standard InChI is InChI=1S/C26H32N2O/c1-19-9-3-5-11-21(19)17-28-18-22(23-12-6-8-14-25(23)28)15-16-26(29)27-24-13-7-4-10-20(24)2/h3,5-6,8-9,11-12,14,18,20,24H,4,7,10,13,15-17H2,1-2H3,(H,27,29). The quantitative estimate of drug-likeness (QED) is 0.584. The fourth-order valence-electron chi connectivity index (χ4n) is 4.68. The first-order valence-electron chi connectivity index (χ1n) is 11.0. The third-order valence-corrected chi connectivity index (χ3v) is 6.55. The Morgan fingerprint density at radius 3 is 2.62 bits per heavy atom. The third-order valence-electron chi connectivity index (χ3n) is 6.55. The molecule has 1 amide bonds. The number of nitrogens with one attached hydrogen (secondary N) is 1. The number of aromatic nitrogens is 1. The van der Waals surface area contributed by atoms with Gasteiger partial charge in [-0.05, 0) is 54.9 Å². The Morgan fingerprint density at radius 2 is 1.79 bits per heavy atom. The van der Waals surface area contributed by atoms with Gasteiger partial charge in [0.25, 0.3) is 0 Å². The molecule has 2 aromatic carbocycles. The van der Waals surface area contributed by atoms with Crippen molar-refractivity contribution >= 4 is 16.8 Å². The molecule has 1 saturated carbocycles. The maximum atomic E-state index is 12.6. The summed E-state index contributed by atoms with van der Waals surface area (Å²) in [5, 5.41) is 4.56. The Bertz CT molecular complexity index is 987. The summed E-state index contributed by atoms with van der Waals surface area (Å²) >= 11 is 0. The van der Waals surface area contributed by atoms with Gasteiger partial charge in [-0.25, -0.2) is 0 Å². The van der Waals surface area contributed by atoms with Crippen molar-refractivity contribution < 1.29 is 4.79 Å². The average Bonchev–Trinajstić information content (AvgIpc) is 3.08. The molecule has 1 aromatic heterocycles. The van der Waals surface area contributed by atoms with E-state index < -0.39 is 0 Å². The lowest BCUT2D eigenvalue weighted by atomic mass is 9.86. The van der Waals surface area contributed by atoms with E-state index in [1.165, 1.54) is 46.9 Å². The smallest absolute Gasteiger partial charge is 0.220 e. The number of hydrogen-bond donors (Lipinski definition) is 1. The highest BCUT2D eigenvalue weighted by atomic mass is 16.1. The molecular weight excluding hydrogens is 356 g/mol. The molecule has 0 bridgehead atoms. The Kier molecular flexibility index (Phi) is 6.03. The Morgan fingerprint density at radius 1 is 1.03 bits per heavy atom. The molecule has 2 unspecified atom stereocenters. The summed E-state index contributed by atoms with van der Waals surface area (Å²) in [6.07, 6.45) is 8.49. The second-order valence-corrected chi connectivity index (χ2v) is 8.66. The van der Waals surface area contributed by atoms with Crippen molar-refractivity contribution in [3.63, 3.8) is 0 Å². The van der Waals surface area contributed by atoms with E-state index in [1.807, 2.05) is 0 Å². The first kappa shape index (κ1) is 19.8. The number of aryl methyl sites for hydroxylation is 2. The van der Waals surface area contributed by atoms with E-state index in [1.54, 1.807) is 0 Å². The molecule has 3 nitrogen and oxygen atoms in total. The summed E-state index contributed by atoms with van der Waals surface area (Å²) in [6, 6.07) is 17.5. The van der Waals surface area contributed by atoms with Crippen molar-refractivity contribution in [3.05, 3.63) is 71.4 Å². The van der Waals surface area contributed by atoms with Gasteiger partial charge in [-0.3, -0.25) is 4.79 Å². The molecule has 0 aliphatic heterocycles. The molecule has 29 heavy (non-hydrogen) atoms. The highest BCUT2D eigenvalue weighted by molar-refractivity contribution is 5.85. The van der Waals surface area contributed by atoms with Gasteiger partial charge in [-0.15, -0.1) is 0 Å². The van der Waals surface area contributed by atoms with Crippen LogP contribution in [-0.2, 0) is 17.8 Å². The van der Waals surface area contributed by atoms with E-state index in [-0.39, 0.29) is 5.91 Å². The topological polar surface area (TPSA) is 34.0 Å². The van der Waals surface area contributed by atoms with Gasteiger partial charge in [0.05, 0.1) is 0 Å². The maximum Gasteiger partial charge on any atom is 0.220 e. The van der Waals surface area contributed by atoms with Crippen molar-refractivity contribution in [3.8, 4) is 0 Å². The fourth-order valence-corrected chi connectivity index (χ4v) is 4.68. The van der Waals surface area contributed by atoms with Crippen LogP contribution in [0.1, 0.15) is 55.7 Å². The van der Waals surface area contributed by atoms with Crippen molar-refractivity contribution in [1.29, 1.82) is 0 Å². The van der Waals surface area contributed by atoms with Gasteiger partial charge < -0.3 is 9.88 Å². The molecule has 4 rings (SSSR count). The Balaban J connectivity index is 1.48. The molecule has 3 heteroatoms. The van der Waals surface area contributed by atoms with Gasteiger partial charge in [0.1, 0.15) is 0 Å². The number of fused-ring (bicyclic) bond motifs is 1. The zero-order valence-corrected chi connectivity index (χ0v) is 17.7. The minimum Gasteiger partial charge on any atom is -0.353 e. The molecule has 1 aliphatic rings. The molecule has 1 heterocycles. The van der Waals surface area contributed by atoms with Gasteiger partial charge in [-0.2, -0.15) is 0 Å². The lowest BCUT2D eigenvalue weighted by molar-refractivity contribution is -0.122. The zero-order valence-electron chi connectivity index (χ0n) is 17.7. The Hall–Kier alpha value is -2.55. The number of amides is 1. The molecule has 0 radical (unpaired) electrons.